The molecule has 0 radical (unpaired) electrons. The molecule has 2 heterocycles. The van der Waals surface area contributed by atoms with Crippen molar-refractivity contribution in [2.75, 3.05) is 13.7 Å². The van der Waals surface area contributed by atoms with E-state index in [9.17, 15) is 13.2 Å². The van der Waals surface area contributed by atoms with Gasteiger partial charge >= 0.3 is 0 Å². The lowest BCUT2D eigenvalue weighted by Gasteiger charge is -2.39. The number of rotatable bonds is 6. The molecule has 32 heavy (non-hydrogen) atoms. The van der Waals surface area contributed by atoms with Crippen molar-refractivity contribution in [2.45, 2.75) is 57.5 Å². The number of nitrogens with zero attached hydrogens (tertiary/aromatic N) is 2. The molecule has 1 aliphatic carbocycles. The maximum absolute atomic E-state index is 13.5. The Morgan fingerprint density at radius 1 is 1.22 bits per heavy atom. The Hall–Kier alpha value is -2.45. The van der Waals surface area contributed by atoms with Crippen LogP contribution in [-0.2, 0) is 16.6 Å². The molecule has 1 aromatic carbocycles. The van der Waals surface area contributed by atoms with Crippen LogP contribution in [0, 0.1) is 10.8 Å². The molecular weight excluding hydrogens is 426 g/mol. The predicted octanol–water partition coefficient (Wildman–Crippen LogP) is 3.61. The van der Waals surface area contributed by atoms with Crippen molar-refractivity contribution >= 4 is 15.9 Å². The zero-order chi connectivity index (χ0) is 23.1. The number of nitrogens with one attached hydrogen (secondary N) is 1. The first-order chi connectivity index (χ1) is 15.0. The lowest BCUT2D eigenvalue weighted by Crippen LogP contribution is -2.37. The van der Waals surface area contributed by atoms with Crippen molar-refractivity contribution in [2.24, 2.45) is 10.8 Å². The highest BCUT2D eigenvalue weighted by molar-refractivity contribution is 7.89. The van der Waals surface area contributed by atoms with Crippen molar-refractivity contribution < 1.29 is 17.9 Å². The van der Waals surface area contributed by atoms with Crippen molar-refractivity contribution in [1.82, 2.24) is 14.6 Å². The van der Waals surface area contributed by atoms with Crippen molar-refractivity contribution in [3.63, 3.8) is 0 Å². The van der Waals surface area contributed by atoms with Gasteiger partial charge in [-0.1, -0.05) is 32.9 Å². The van der Waals surface area contributed by atoms with Gasteiger partial charge in [-0.3, -0.25) is 4.79 Å². The number of sulfonamides is 1. The van der Waals surface area contributed by atoms with Crippen LogP contribution in [0.4, 0.5) is 0 Å². The van der Waals surface area contributed by atoms with Gasteiger partial charge in [0, 0.05) is 37.0 Å². The minimum atomic E-state index is -3.68. The van der Waals surface area contributed by atoms with Gasteiger partial charge < -0.3 is 10.1 Å². The molecule has 2 aliphatic rings. The fourth-order valence-electron chi connectivity index (χ4n) is 5.54. The normalized spacial score (nSPS) is 24.8. The van der Waals surface area contributed by atoms with Gasteiger partial charge in [-0.05, 0) is 53.9 Å². The summed E-state index contributed by atoms with van der Waals surface area (Å²) in [7, 11) is -2.14. The van der Waals surface area contributed by atoms with Crippen LogP contribution in [0.5, 0.6) is 5.88 Å². The number of pyridine rings is 1. The van der Waals surface area contributed by atoms with Gasteiger partial charge in [0.2, 0.25) is 15.9 Å². The van der Waals surface area contributed by atoms with Gasteiger partial charge in [-0.25, -0.2) is 13.4 Å². The van der Waals surface area contributed by atoms with Gasteiger partial charge in [0.1, 0.15) is 0 Å². The molecule has 2 atom stereocenters. The first-order valence-corrected chi connectivity index (χ1v) is 12.3. The molecule has 2 bridgehead atoms. The Morgan fingerprint density at radius 3 is 2.69 bits per heavy atom. The molecule has 1 aliphatic heterocycles. The predicted molar refractivity (Wildman–Crippen MR) is 122 cm³/mol. The summed E-state index contributed by atoms with van der Waals surface area (Å²) in [4.78, 5) is 17.0. The number of amides is 1. The van der Waals surface area contributed by atoms with E-state index < -0.39 is 10.0 Å². The van der Waals surface area contributed by atoms with Crippen LogP contribution >= 0.6 is 0 Å². The maximum Gasteiger partial charge on any atom is 0.251 e. The van der Waals surface area contributed by atoms with E-state index in [0.29, 0.717) is 18.0 Å². The Kier molecular flexibility index (Phi) is 5.79. The monoisotopic (exact) mass is 457 g/mol. The molecule has 1 amide bonds. The van der Waals surface area contributed by atoms with Gasteiger partial charge in [0.15, 0.2) is 0 Å². The van der Waals surface area contributed by atoms with Crippen molar-refractivity contribution in [3.05, 3.63) is 53.7 Å². The highest BCUT2D eigenvalue weighted by Crippen LogP contribution is 2.53. The smallest absolute Gasteiger partial charge is 0.251 e. The second kappa shape index (κ2) is 8.15. The average Bonchev–Trinajstić information content (AvgIpc) is 3.01. The second-order valence-corrected chi connectivity index (χ2v) is 12.1. The molecular formula is C24H31N3O4S. The molecule has 1 saturated carbocycles. The van der Waals surface area contributed by atoms with Crippen LogP contribution in [-0.4, -0.2) is 43.3 Å². The summed E-state index contributed by atoms with van der Waals surface area (Å²) >= 11 is 0. The van der Waals surface area contributed by atoms with Crippen LogP contribution in [0.3, 0.4) is 0 Å². The van der Waals surface area contributed by atoms with E-state index in [1.54, 1.807) is 41.9 Å². The quantitative estimate of drug-likeness (QED) is 0.716. The number of methoxy groups -OCH3 is 1. The Labute approximate surface area is 190 Å². The van der Waals surface area contributed by atoms with Crippen molar-refractivity contribution in [3.8, 4) is 5.88 Å². The zero-order valence-electron chi connectivity index (χ0n) is 19.1. The number of fused-ring (bicyclic) bond motifs is 2. The average molecular weight is 458 g/mol. The summed E-state index contributed by atoms with van der Waals surface area (Å²) < 4.78 is 33.7. The molecule has 2 fully saturated rings. The molecule has 1 N–H and O–H groups in total. The highest BCUT2D eigenvalue weighted by atomic mass is 32.2. The van der Waals surface area contributed by atoms with Crippen molar-refractivity contribution in [1.29, 1.82) is 0 Å². The highest BCUT2D eigenvalue weighted by Gasteiger charge is 2.53. The third-order valence-electron chi connectivity index (χ3n) is 6.53. The number of benzene rings is 1. The van der Waals surface area contributed by atoms with Crippen LogP contribution in [0.15, 0.2) is 47.5 Å². The fraction of sp³-hybridized carbons (Fsp3) is 0.500. The first-order valence-electron chi connectivity index (χ1n) is 10.9. The molecule has 7 nitrogen and oxygen atoms in total. The van der Waals surface area contributed by atoms with Crippen LogP contribution in [0.1, 0.15) is 56.0 Å². The first kappa shape index (κ1) is 22.7. The Bertz CT molecular complexity index is 1110. The van der Waals surface area contributed by atoms with Crippen LogP contribution in [0.2, 0.25) is 0 Å². The summed E-state index contributed by atoms with van der Waals surface area (Å²) in [6, 6.07) is 9.87. The lowest BCUT2D eigenvalue weighted by molar-refractivity contribution is 0.0950. The molecule has 1 aromatic heterocycles. The minimum absolute atomic E-state index is 0.000865. The molecule has 8 heteroatoms. The molecule has 0 spiro atoms. The van der Waals surface area contributed by atoms with Gasteiger partial charge in [-0.15, -0.1) is 0 Å². The fourth-order valence-corrected chi connectivity index (χ4v) is 7.36. The number of carbonyl (C=O) groups excluding carboxylic acids is 1. The number of hydrogen-bond donors (Lipinski definition) is 1. The lowest BCUT2D eigenvalue weighted by atomic mass is 9.65. The third-order valence-corrected chi connectivity index (χ3v) is 8.42. The largest absolute Gasteiger partial charge is 0.481 e. The van der Waals surface area contributed by atoms with E-state index in [1.165, 1.54) is 6.07 Å². The summed E-state index contributed by atoms with van der Waals surface area (Å²) in [5.74, 6) is 0.174. The topological polar surface area (TPSA) is 88.6 Å². The number of ether oxygens (including phenoxy) is 1. The second-order valence-electron chi connectivity index (χ2n) is 10.2. The molecule has 172 valence electrons. The summed E-state index contributed by atoms with van der Waals surface area (Å²) in [5.41, 5.74) is 1.27. The van der Waals surface area contributed by atoms with E-state index in [2.05, 4.69) is 31.1 Å². The number of hydrogen-bond acceptors (Lipinski definition) is 5. The maximum atomic E-state index is 13.5. The Morgan fingerprint density at radius 2 is 2.00 bits per heavy atom. The minimum Gasteiger partial charge on any atom is -0.481 e. The SMILES string of the molecule is COc1ccc(CNC(=O)c2cccc(S(=O)(=O)N3CC4(C)CC3CC(C)(C)C4)c2)cn1. The number of aromatic nitrogens is 1. The van der Waals surface area contributed by atoms with Gasteiger partial charge in [0.05, 0.1) is 12.0 Å². The molecule has 2 unspecified atom stereocenters. The summed E-state index contributed by atoms with van der Waals surface area (Å²) in [6.45, 7) is 7.45. The van der Waals surface area contributed by atoms with E-state index in [0.717, 1.165) is 24.8 Å². The van der Waals surface area contributed by atoms with E-state index >= 15 is 0 Å². The summed E-state index contributed by atoms with van der Waals surface area (Å²) in [6.07, 6.45) is 4.41. The van der Waals surface area contributed by atoms with Gasteiger partial charge in [0.25, 0.3) is 5.91 Å². The molecule has 1 saturated heterocycles. The van der Waals surface area contributed by atoms with E-state index in [4.69, 9.17) is 4.74 Å². The molecule has 4 rings (SSSR count). The van der Waals surface area contributed by atoms with Crippen LogP contribution in [0.25, 0.3) is 0 Å². The van der Waals surface area contributed by atoms with E-state index in [1.807, 2.05) is 6.07 Å². The van der Waals surface area contributed by atoms with Crippen LogP contribution < -0.4 is 10.1 Å². The van der Waals surface area contributed by atoms with E-state index in [-0.39, 0.29) is 34.2 Å². The zero-order valence-corrected chi connectivity index (χ0v) is 19.9. The Balaban J connectivity index is 1.50. The molecule has 2 aromatic rings. The third kappa shape index (κ3) is 4.52. The standard InChI is InChI=1S/C24H31N3O4S/c1-23(2)11-19-12-24(3,15-23)16-27(19)32(29,30)20-7-5-6-18(10-20)22(28)26-14-17-8-9-21(31-4)25-13-17/h5-10,13,19H,11-12,14-16H2,1-4H3,(H,26,28). The number of carbonyl (C=O) groups is 1. The van der Waals surface area contributed by atoms with Gasteiger partial charge in [-0.2, -0.15) is 4.31 Å². The summed E-state index contributed by atoms with van der Waals surface area (Å²) in [5, 5.41) is 2.83.